The first-order chi connectivity index (χ1) is 17.9. The molecule has 0 bridgehead atoms. The number of anilines is 1. The maximum Gasteiger partial charge on any atom is 0.306 e. The summed E-state index contributed by atoms with van der Waals surface area (Å²) in [6.07, 6.45) is 0.969. The first-order valence-electron chi connectivity index (χ1n) is 12.3. The van der Waals surface area contributed by atoms with E-state index in [1.807, 2.05) is 30.3 Å². The molecule has 0 spiro atoms. The van der Waals surface area contributed by atoms with Crippen LogP contribution in [0.3, 0.4) is 0 Å². The fraction of sp³-hybridized carbons (Fsp3) is 0.276. The lowest BCUT2D eigenvalue weighted by Crippen LogP contribution is -2.47. The molecular weight excluding hydrogens is 475 g/mol. The van der Waals surface area contributed by atoms with E-state index in [0.29, 0.717) is 36.6 Å². The minimum Gasteiger partial charge on any atom is -0.457 e. The minimum absolute atomic E-state index is 0.102. The number of carbonyl (C=O) groups is 3. The molecule has 2 fully saturated rings. The van der Waals surface area contributed by atoms with Crippen LogP contribution in [0.4, 0.5) is 10.1 Å². The zero-order valence-electron chi connectivity index (χ0n) is 20.1. The van der Waals surface area contributed by atoms with Crippen LogP contribution in [0.2, 0.25) is 0 Å². The molecule has 2 saturated heterocycles. The van der Waals surface area contributed by atoms with Gasteiger partial charge in [-0.05, 0) is 72.9 Å². The number of benzene rings is 3. The van der Waals surface area contributed by atoms with Gasteiger partial charge in [0.25, 0.3) is 5.91 Å². The van der Waals surface area contributed by atoms with Crippen molar-refractivity contribution in [2.24, 2.45) is 5.92 Å². The van der Waals surface area contributed by atoms with E-state index in [-0.39, 0.29) is 35.9 Å². The zero-order valence-corrected chi connectivity index (χ0v) is 20.1. The third-order valence-electron chi connectivity index (χ3n) is 6.67. The minimum atomic E-state index is -0.832. The summed E-state index contributed by atoms with van der Waals surface area (Å²) in [5.74, 6) is -0.205. The van der Waals surface area contributed by atoms with Crippen molar-refractivity contribution in [3.63, 3.8) is 0 Å². The van der Waals surface area contributed by atoms with E-state index in [0.717, 1.165) is 12.0 Å². The average Bonchev–Trinajstić information content (AvgIpc) is 3.53. The third kappa shape index (κ3) is 5.97. The van der Waals surface area contributed by atoms with Crippen molar-refractivity contribution in [2.75, 3.05) is 11.9 Å². The van der Waals surface area contributed by atoms with Crippen molar-refractivity contribution in [3.8, 4) is 11.5 Å². The van der Waals surface area contributed by atoms with Crippen molar-refractivity contribution >= 4 is 23.5 Å². The second kappa shape index (κ2) is 10.8. The van der Waals surface area contributed by atoms with Crippen LogP contribution in [0.15, 0.2) is 78.9 Å². The Morgan fingerprint density at radius 2 is 1.65 bits per heavy atom. The Bertz CT molecular complexity index is 1260. The average molecular weight is 503 g/mol. The highest BCUT2D eigenvalue weighted by atomic mass is 19.1. The summed E-state index contributed by atoms with van der Waals surface area (Å²) >= 11 is 0. The van der Waals surface area contributed by atoms with Crippen LogP contribution >= 0.6 is 0 Å². The van der Waals surface area contributed by atoms with Crippen LogP contribution in [-0.2, 0) is 25.5 Å². The van der Waals surface area contributed by atoms with E-state index >= 15 is 0 Å². The summed E-state index contributed by atoms with van der Waals surface area (Å²) in [6, 6.07) is 21.8. The monoisotopic (exact) mass is 502 g/mol. The van der Waals surface area contributed by atoms with Gasteiger partial charge in [0, 0.05) is 25.1 Å². The van der Waals surface area contributed by atoms with Crippen molar-refractivity contribution in [1.82, 2.24) is 4.90 Å². The molecule has 2 amide bonds. The summed E-state index contributed by atoms with van der Waals surface area (Å²) in [6.45, 7) is 0.421. The Balaban J connectivity index is 1.27. The van der Waals surface area contributed by atoms with Crippen molar-refractivity contribution in [3.05, 3.63) is 90.2 Å². The number of esters is 1. The Morgan fingerprint density at radius 1 is 0.973 bits per heavy atom. The lowest BCUT2D eigenvalue weighted by Gasteiger charge is -2.26. The normalized spacial score (nSPS) is 20.9. The van der Waals surface area contributed by atoms with Crippen molar-refractivity contribution in [1.29, 1.82) is 0 Å². The summed E-state index contributed by atoms with van der Waals surface area (Å²) in [5.41, 5.74) is 1.70. The van der Waals surface area contributed by atoms with Crippen molar-refractivity contribution in [2.45, 2.75) is 37.8 Å². The molecule has 7 nitrogen and oxygen atoms in total. The van der Waals surface area contributed by atoms with E-state index in [2.05, 4.69) is 5.32 Å². The molecule has 3 atom stereocenters. The van der Waals surface area contributed by atoms with E-state index in [9.17, 15) is 18.8 Å². The van der Waals surface area contributed by atoms with Gasteiger partial charge in [-0.2, -0.15) is 0 Å². The fourth-order valence-corrected chi connectivity index (χ4v) is 4.87. The Hall–Kier alpha value is -4.20. The van der Waals surface area contributed by atoms with Crippen LogP contribution < -0.4 is 10.1 Å². The zero-order chi connectivity index (χ0) is 25.8. The molecule has 0 radical (unpaired) electrons. The van der Waals surface area contributed by atoms with Gasteiger partial charge in [-0.15, -0.1) is 0 Å². The largest absolute Gasteiger partial charge is 0.457 e. The quantitative estimate of drug-likeness (QED) is 0.473. The number of cyclic esters (lactones) is 1. The predicted octanol–water partition coefficient (Wildman–Crippen LogP) is 4.72. The molecule has 3 aromatic carbocycles. The van der Waals surface area contributed by atoms with Gasteiger partial charge in [-0.3, -0.25) is 14.4 Å². The van der Waals surface area contributed by atoms with Gasteiger partial charge >= 0.3 is 5.97 Å². The number of rotatable bonds is 7. The molecule has 2 aliphatic heterocycles. The lowest BCUT2D eigenvalue weighted by molar-refractivity contribution is -0.154. The topological polar surface area (TPSA) is 84.9 Å². The number of likely N-dealkylation sites (tertiary alicyclic amines) is 1. The Morgan fingerprint density at radius 3 is 2.30 bits per heavy atom. The van der Waals surface area contributed by atoms with E-state index in [1.54, 1.807) is 29.2 Å². The van der Waals surface area contributed by atoms with E-state index in [4.69, 9.17) is 9.47 Å². The molecule has 0 unspecified atom stereocenters. The lowest BCUT2D eigenvalue weighted by atomic mass is 9.96. The molecule has 3 aromatic rings. The summed E-state index contributed by atoms with van der Waals surface area (Å²) in [4.78, 5) is 39.7. The molecule has 2 heterocycles. The molecule has 5 rings (SSSR count). The number of nitrogens with one attached hydrogen (secondary N) is 1. The number of ether oxygens (including phenoxy) is 2. The highest BCUT2D eigenvalue weighted by Gasteiger charge is 2.43. The summed E-state index contributed by atoms with van der Waals surface area (Å²) in [5, 5.41) is 2.91. The molecule has 0 aromatic heterocycles. The predicted molar refractivity (Wildman–Crippen MR) is 134 cm³/mol. The number of hydrogen-bond donors (Lipinski definition) is 1. The van der Waals surface area contributed by atoms with E-state index in [1.165, 1.54) is 24.3 Å². The number of halogens is 1. The van der Waals surface area contributed by atoms with Gasteiger partial charge in [0.2, 0.25) is 5.91 Å². The molecule has 1 N–H and O–H groups in total. The number of carbonyl (C=O) groups excluding carboxylic acids is 3. The van der Waals surface area contributed by atoms with Crippen LogP contribution in [0, 0.1) is 11.7 Å². The van der Waals surface area contributed by atoms with Gasteiger partial charge in [0.05, 0.1) is 0 Å². The Labute approximate surface area is 214 Å². The smallest absolute Gasteiger partial charge is 0.306 e. The molecule has 37 heavy (non-hydrogen) atoms. The molecular formula is C29H27FN2O5. The van der Waals surface area contributed by atoms with Crippen LogP contribution in [0.25, 0.3) is 0 Å². The molecule has 2 aliphatic rings. The summed E-state index contributed by atoms with van der Waals surface area (Å²) in [7, 11) is 0. The molecule has 0 saturated carbocycles. The van der Waals surface area contributed by atoms with Crippen molar-refractivity contribution < 1.29 is 28.2 Å². The van der Waals surface area contributed by atoms with Gasteiger partial charge in [-0.1, -0.05) is 30.3 Å². The highest BCUT2D eigenvalue weighted by Crippen LogP contribution is 2.30. The SMILES string of the molecule is O=C1CC[C@@H](C(=O)N2C[C@H](Cc3ccccc3)C[C@H]2C(=O)Nc2ccc(Oc3ccc(F)cc3)cc2)O1. The summed E-state index contributed by atoms with van der Waals surface area (Å²) < 4.78 is 24.0. The Kier molecular flexibility index (Phi) is 7.16. The van der Waals surface area contributed by atoms with Crippen LogP contribution in [0.1, 0.15) is 24.8 Å². The first kappa shape index (κ1) is 24.5. The third-order valence-corrected chi connectivity index (χ3v) is 6.67. The second-order valence-corrected chi connectivity index (χ2v) is 9.38. The van der Waals surface area contributed by atoms with Gasteiger partial charge in [-0.25, -0.2) is 4.39 Å². The standard InChI is InChI=1S/C29H27FN2O5/c30-21-6-10-23(11-7-21)36-24-12-8-22(9-13-24)31-28(34)25-17-20(16-19-4-2-1-3-5-19)18-32(25)29(35)26-14-15-27(33)37-26/h1-13,20,25-26H,14-18H2,(H,31,34)/t20-,25+,26+/m1/s1. The highest BCUT2D eigenvalue weighted by molar-refractivity contribution is 5.98. The second-order valence-electron chi connectivity index (χ2n) is 9.38. The van der Waals surface area contributed by atoms with Crippen LogP contribution in [-0.4, -0.2) is 41.4 Å². The van der Waals surface area contributed by atoms with Gasteiger partial charge in [0.1, 0.15) is 23.4 Å². The number of nitrogens with zero attached hydrogens (tertiary/aromatic N) is 1. The van der Waals surface area contributed by atoms with E-state index < -0.39 is 12.1 Å². The first-order valence-corrected chi connectivity index (χ1v) is 12.3. The fourth-order valence-electron chi connectivity index (χ4n) is 4.87. The van der Waals surface area contributed by atoms with Crippen LogP contribution in [0.5, 0.6) is 11.5 Å². The van der Waals surface area contributed by atoms with Gasteiger partial charge in [0.15, 0.2) is 6.10 Å². The maximum absolute atomic E-state index is 13.3. The maximum atomic E-state index is 13.3. The van der Waals surface area contributed by atoms with Gasteiger partial charge < -0.3 is 19.7 Å². The molecule has 190 valence electrons. The molecule has 0 aliphatic carbocycles. The number of amides is 2. The molecule has 8 heteroatoms. The number of hydrogen-bond acceptors (Lipinski definition) is 5.